The Kier molecular flexibility index (Phi) is 8.74. The Morgan fingerprint density at radius 2 is 1.90 bits per heavy atom. The predicted octanol–water partition coefficient (Wildman–Crippen LogP) is 6.45. The van der Waals surface area contributed by atoms with Gasteiger partial charge in [0.1, 0.15) is 6.61 Å². The minimum absolute atomic E-state index is 0.300. The monoisotopic (exact) mass is 612 g/mol. The maximum atomic E-state index is 12.3. The summed E-state index contributed by atoms with van der Waals surface area (Å²) in [6.45, 7) is 2.80. The van der Waals surface area contributed by atoms with Crippen LogP contribution in [0.25, 0.3) is 0 Å². The standard InChI is InChI=1S/C23H19BrClIN2O3/c1-2-30-21-12-16(13-27-28-23(29)18-5-3-4-6-19(18)24)11-20(26)22(21)31-14-15-7-9-17(25)10-8-15/h3-13H,2,14H2,1H3,(H,28,29)/b27-13-. The number of amides is 1. The van der Waals surface area contributed by atoms with E-state index in [1.807, 2.05) is 49.4 Å². The van der Waals surface area contributed by atoms with Crippen molar-refractivity contribution in [2.24, 2.45) is 5.10 Å². The second-order valence-electron chi connectivity index (χ2n) is 6.36. The third kappa shape index (κ3) is 6.69. The number of nitrogens with one attached hydrogen (secondary N) is 1. The second kappa shape index (κ2) is 11.5. The van der Waals surface area contributed by atoms with Crippen LogP contribution in [-0.4, -0.2) is 18.7 Å². The first kappa shape index (κ1) is 23.6. The number of hydrogen-bond acceptors (Lipinski definition) is 4. The summed E-state index contributed by atoms with van der Waals surface area (Å²) in [6, 6.07) is 18.4. The molecule has 0 aromatic heterocycles. The largest absolute Gasteiger partial charge is 0.490 e. The van der Waals surface area contributed by atoms with Crippen LogP contribution in [0, 0.1) is 3.57 Å². The molecule has 1 amide bonds. The van der Waals surface area contributed by atoms with Crippen LogP contribution >= 0.6 is 50.1 Å². The minimum Gasteiger partial charge on any atom is -0.490 e. The average molecular weight is 614 g/mol. The summed E-state index contributed by atoms with van der Waals surface area (Å²) in [6.07, 6.45) is 1.57. The molecule has 5 nitrogen and oxygen atoms in total. The summed E-state index contributed by atoms with van der Waals surface area (Å²) in [5, 5.41) is 4.76. The zero-order chi connectivity index (χ0) is 22.2. The first-order valence-electron chi connectivity index (χ1n) is 9.39. The molecule has 1 N–H and O–H groups in total. The summed E-state index contributed by atoms with van der Waals surface area (Å²) in [5.41, 5.74) is 4.83. The van der Waals surface area contributed by atoms with Gasteiger partial charge in [-0.3, -0.25) is 4.79 Å². The molecule has 3 rings (SSSR count). The molecule has 0 heterocycles. The summed E-state index contributed by atoms with van der Waals surface area (Å²) in [5.74, 6) is 0.972. The summed E-state index contributed by atoms with van der Waals surface area (Å²) < 4.78 is 13.4. The van der Waals surface area contributed by atoms with Gasteiger partial charge in [-0.05, 0) is 93.0 Å². The fraction of sp³-hybridized carbons (Fsp3) is 0.130. The third-order valence-electron chi connectivity index (χ3n) is 4.13. The predicted molar refractivity (Wildman–Crippen MR) is 135 cm³/mol. The Balaban J connectivity index is 1.73. The molecule has 160 valence electrons. The molecule has 0 atom stereocenters. The number of carbonyl (C=O) groups excluding carboxylic acids is 1. The number of benzene rings is 3. The molecule has 3 aromatic carbocycles. The topological polar surface area (TPSA) is 59.9 Å². The number of halogens is 3. The number of hydrogen-bond donors (Lipinski definition) is 1. The van der Waals surface area contributed by atoms with E-state index in [0.29, 0.717) is 39.8 Å². The normalized spacial score (nSPS) is 10.8. The Morgan fingerprint density at radius 3 is 2.61 bits per heavy atom. The molecule has 0 radical (unpaired) electrons. The Labute approximate surface area is 208 Å². The van der Waals surface area contributed by atoms with Gasteiger partial charge in [0, 0.05) is 9.50 Å². The van der Waals surface area contributed by atoms with Gasteiger partial charge >= 0.3 is 0 Å². The fourth-order valence-electron chi connectivity index (χ4n) is 2.67. The number of carbonyl (C=O) groups is 1. The number of hydrazone groups is 1. The Bertz CT molecular complexity index is 1090. The Morgan fingerprint density at radius 1 is 1.16 bits per heavy atom. The fourth-order valence-corrected chi connectivity index (χ4v) is 4.04. The molecular formula is C23H19BrClIN2O3. The summed E-state index contributed by atoms with van der Waals surface area (Å²) in [7, 11) is 0. The van der Waals surface area contributed by atoms with Crippen molar-refractivity contribution >= 4 is 62.2 Å². The SMILES string of the molecule is CCOc1cc(/C=N\NC(=O)c2ccccc2Br)cc(I)c1OCc1ccc(Cl)cc1. The molecule has 0 bridgehead atoms. The summed E-state index contributed by atoms with van der Waals surface area (Å²) >= 11 is 11.5. The molecule has 3 aromatic rings. The highest BCUT2D eigenvalue weighted by atomic mass is 127. The van der Waals surface area contributed by atoms with Crippen LogP contribution in [0.5, 0.6) is 11.5 Å². The van der Waals surface area contributed by atoms with Crippen LogP contribution in [0.15, 0.2) is 70.2 Å². The van der Waals surface area contributed by atoms with E-state index >= 15 is 0 Å². The van der Waals surface area contributed by atoms with Crippen molar-refractivity contribution in [2.45, 2.75) is 13.5 Å². The summed E-state index contributed by atoms with van der Waals surface area (Å²) in [4.78, 5) is 12.3. The van der Waals surface area contributed by atoms with Crippen molar-refractivity contribution in [3.63, 3.8) is 0 Å². The highest BCUT2D eigenvalue weighted by Crippen LogP contribution is 2.34. The van der Waals surface area contributed by atoms with Crippen molar-refractivity contribution in [3.05, 3.63) is 90.4 Å². The molecule has 0 saturated heterocycles. The highest BCUT2D eigenvalue weighted by molar-refractivity contribution is 14.1. The van der Waals surface area contributed by atoms with Crippen molar-refractivity contribution in [1.29, 1.82) is 0 Å². The average Bonchev–Trinajstić information content (AvgIpc) is 2.75. The lowest BCUT2D eigenvalue weighted by atomic mass is 10.2. The maximum absolute atomic E-state index is 12.3. The van der Waals surface area contributed by atoms with E-state index in [0.717, 1.165) is 14.7 Å². The molecule has 0 unspecified atom stereocenters. The molecule has 0 aliphatic carbocycles. The molecule has 0 fully saturated rings. The van der Waals surface area contributed by atoms with Crippen LogP contribution in [0.3, 0.4) is 0 Å². The van der Waals surface area contributed by atoms with E-state index in [1.54, 1.807) is 24.4 Å². The van der Waals surface area contributed by atoms with E-state index < -0.39 is 0 Å². The van der Waals surface area contributed by atoms with Gasteiger partial charge < -0.3 is 9.47 Å². The van der Waals surface area contributed by atoms with E-state index in [9.17, 15) is 4.79 Å². The highest BCUT2D eigenvalue weighted by Gasteiger charge is 2.13. The zero-order valence-corrected chi connectivity index (χ0v) is 21.1. The molecule has 0 spiro atoms. The van der Waals surface area contributed by atoms with Gasteiger partial charge in [0.05, 0.1) is 22.0 Å². The van der Waals surface area contributed by atoms with Gasteiger partial charge in [-0.2, -0.15) is 5.10 Å². The van der Waals surface area contributed by atoms with Gasteiger partial charge in [-0.25, -0.2) is 5.43 Å². The van der Waals surface area contributed by atoms with Gasteiger partial charge in [0.2, 0.25) is 0 Å². The number of ether oxygens (including phenoxy) is 2. The lowest BCUT2D eigenvalue weighted by Crippen LogP contribution is -2.18. The van der Waals surface area contributed by atoms with Crippen LogP contribution in [0.2, 0.25) is 5.02 Å². The molecule has 0 aliphatic heterocycles. The first-order valence-corrected chi connectivity index (χ1v) is 11.6. The van der Waals surface area contributed by atoms with Crippen molar-refractivity contribution in [3.8, 4) is 11.5 Å². The molecule has 0 aliphatic rings. The molecule has 8 heteroatoms. The maximum Gasteiger partial charge on any atom is 0.272 e. The van der Waals surface area contributed by atoms with Crippen molar-refractivity contribution in [1.82, 2.24) is 5.43 Å². The molecule has 31 heavy (non-hydrogen) atoms. The van der Waals surface area contributed by atoms with E-state index in [-0.39, 0.29) is 5.91 Å². The first-order chi connectivity index (χ1) is 15.0. The quantitative estimate of drug-likeness (QED) is 0.181. The lowest BCUT2D eigenvalue weighted by Gasteiger charge is -2.15. The van der Waals surface area contributed by atoms with Gasteiger partial charge in [0.15, 0.2) is 11.5 Å². The van der Waals surface area contributed by atoms with Gasteiger partial charge in [-0.1, -0.05) is 35.9 Å². The smallest absolute Gasteiger partial charge is 0.272 e. The van der Waals surface area contributed by atoms with Crippen LogP contribution in [0.1, 0.15) is 28.4 Å². The van der Waals surface area contributed by atoms with Crippen molar-refractivity contribution < 1.29 is 14.3 Å². The van der Waals surface area contributed by atoms with Gasteiger partial charge in [0.25, 0.3) is 5.91 Å². The number of nitrogens with zero attached hydrogens (tertiary/aromatic N) is 1. The second-order valence-corrected chi connectivity index (χ2v) is 8.81. The van der Waals surface area contributed by atoms with Crippen LogP contribution in [-0.2, 0) is 6.61 Å². The lowest BCUT2D eigenvalue weighted by molar-refractivity contribution is 0.0954. The van der Waals surface area contributed by atoms with Gasteiger partial charge in [-0.15, -0.1) is 0 Å². The van der Waals surface area contributed by atoms with E-state index in [2.05, 4.69) is 49.0 Å². The van der Waals surface area contributed by atoms with Crippen LogP contribution in [0.4, 0.5) is 0 Å². The van der Waals surface area contributed by atoms with E-state index in [4.69, 9.17) is 21.1 Å². The molecular weight excluding hydrogens is 595 g/mol. The Hall–Kier alpha value is -2.10. The van der Waals surface area contributed by atoms with Crippen LogP contribution < -0.4 is 14.9 Å². The molecule has 0 saturated carbocycles. The third-order valence-corrected chi connectivity index (χ3v) is 5.87. The van der Waals surface area contributed by atoms with E-state index in [1.165, 1.54) is 0 Å². The number of rotatable bonds is 8. The van der Waals surface area contributed by atoms with Crippen molar-refractivity contribution in [2.75, 3.05) is 6.61 Å². The minimum atomic E-state index is -0.300. The zero-order valence-electron chi connectivity index (χ0n) is 16.6.